The molecule has 1 heterocycles. The van der Waals surface area contributed by atoms with Crippen molar-refractivity contribution in [3.63, 3.8) is 0 Å². The van der Waals surface area contributed by atoms with Crippen molar-refractivity contribution < 1.29 is 9.00 Å². The Morgan fingerprint density at radius 3 is 1.62 bits per heavy atom. The fourth-order valence-corrected chi connectivity index (χ4v) is 6.75. The Labute approximate surface area is 240 Å². The number of amides is 1. The van der Waals surface area contributed by atoms with Crippen LogP contribution in [-0.4, -0.2) is 14.9 Å². The number of carbonyl (C=O) groups excluding carboxylic acids is 1. The Kier molecular flexibility index (Phi) is 7.38. The fraction of sp³-hybridized carbons (Fsp3) is 0.229. The van der Waals surface area contributed by atoms with E-state index in [2.05, 4.69) is 47.7 Å². The van der Waals surface area contributed by atoms with E-state index < -0.39 is 26.8 Å². The number of anilines is 1. The van der Waals surface area contributed by atoms with Crippen molar-refractivity contribution >= 4 is 22.6 Å². The first kappa shape index (κ1) is 27.8. The summed E-state index contributed by atoms with van der Waals surface area (Å²) in [7, 11) is -1.54. The number of carbonyl (C=O) groups is 1. The molecule has 4 aromatic rings. The van der Waals surface area contributed by atoms with Gasteiger partial charge in [-0.25, -0.2) is 8.93 Å². The maximum Gasteiger partial charge on any atom is 0.254 e. The lowest BCUT2D eigenvalue weighted by Crippen LogP contribution is -2.61. The zero-order valence-electron chi connectivity index (χ0n) is 23.5. The third-order valence-corrected chi connectivity index (χ3v) is 9.49. The third kappa shape index (κ3) is 4.25. The number of nitrogens with zero attached hydrogens (tertiary/aromatic N) is 1. The quantitative estimate of drug-likeness (QED) is 0.189. The van der Waals surface area contributed by atoms with E-state index in [0.717, 1.165) is 27.9 Å². The van der Waals surface area contributed by atoms with E-state index in [1.165, 1.54) is 0 Å². The molecular formula is C35H36N2O2S. The minimum atomic E-state index is -1.54. The summed E-state index contributed by atoms with van der Waals surface area (Å²) in [6.07, 6.45) is 1.78. The largest absolute Gasteiger partial charge is 0.292 e. The number of para-hydroxylation sites is 1. The van der Waals surface area contributed by atoms with Crippen LogP contribution in [0.25, 0.3) is 0 Å². The summed E-state index contributed by atoms with van der Waals surface area (Å²) in [4.78, 5) is 17.3. The van der Waals surface area contributed by atoms with Gasteiger partial charge in [-0.15, -0.1) is 6.58 Å². The molecule has 0 fully saturated rings. The van der Waals surface area contributed by atoms with Gasteiger partial charge in [-0.2, -0.15) is 0 Å². The van der Waals surface area contributed by atoms with Gasteiger partial charge >= 0.3 is 0 Å². The Balaban J connectivity index is 1.91. The van der Waals surface area contributed by atoms with Crippen molar-refractivity contribution in [1.82, 2.24) is 4.72 Å². The van der Waals surface area contributed by atoms with Crippen LogP contribution in [0.5, 0.6) is 0 Å². The van der Waals surface area contributed by atoms with Crippen LogP contribution in [0.4, 0.5) is 5.69 Å². The van der Waals surface area contributed by atoms with Crippen LogP contribution >= 0.6 is 0 Å². The minimum Gasteiger partial charge on any atom is -0.292 e. The Morgan fingerprint density at radius 2 is 1.20 bits per heavy atom. The number of hydrogen-bond donors (Lipinski definition) is 1. The second-order valence-corrected chi connectivity index (χ2v) is 13.2. The molecule has 1 aliphatic heterocycles. The van der Waals surface area contributed by atoms with Gasteiger partial charge in [0.2, 0.25) is 0 Å². The molecule has 204 valence electrons. The monoisotopic (exact) mass is 548 g/mol. The lowest BCUT2D eigenvalue weighted by atomic mass is 9.75. The molecule has 5 heteroatoms. The summed E-state index contributed by atoms with van der Waals surface area (Å²) < 4.78 is 16.5. The highest BCUT2D eigenvalue weighted by molar-refractivity contribution is 7.84. The molecule has 0 radical (unpaired) electrons. The molecule has 0 aliphatic carbocycles. The van der Waals surface area contributed by atoms with Gasteiger partial charge in [-0.1, -0.05) is 122 Å². The maximum atomic E-state index is 15.4. The van der Waals surface area contributed by atoms with Crippen molar-refractivity contribution in [3.05, 3.63) is 150 Å². The molecule has 0 bridgehead atoms. The van der Waals surface area contributed by atoms with Crippen LogP contribution in [0.3, 0.4) is 0 Å². The van der Waals surface area contributed by atoms with Crippen LogP contribution in [0.1, 0.15) is 49.9 Å². The molecule has 4 nitrogen and oxygen atoms in total. The van der Waals surface area contributed by atoms with E-state index in [4.69, 9.17) is 0 Å². The molecular weight excluding hydrogens is 512 g/mol. The predicted molar refractivity (Wildman–Crippen MR) is 165 cm³/mol. The Hall–Kier alpha value is -3.80. The molecule has 0 saturated heterocycles. The van der Waals surface area contributed by atoms with Crippen molar-refractivity contribution in [3.8, 4) is 0 Å². The Bertz CT molecular complexity index is 1430. The maximum absolute atomic E-state index is 15.4. The second kappa shape index (κ2) is 10.6. The molecule has 3 atom stereocenters. The number of fused-ring (bicyclic) bond motifs is 1. The zero-order valence-corrected chi connectivity index (χ0v) is 24.3. The summed E-state index contributed by atoms with van der Waals surface area (Å²) in [5.41, 5.74) is 2.12. The molecule has 0 unspecified atom stereocenters. The highest BCUT2D eigenvalue weighted by Gasteiger charge is 2.61. The molecule has 40 heavy (non-hydrogen) atoms. The first-order valence-corrected chi connectivity index (χ1v) is 14.8. The molecule has 0 aromatic heterocycles. The average molecular weight is 549 g/mol. The van der Waals surface area contributed by atoms with Gasteiger partial charge in [0.15, 0.2) is 0 Å². The zero-order chi connectivity index (χ0) is 28.5. The van der Waals surface area contributed by atoms with Crippen LogP contribution in [0.2, 0.25) is 0 Å². The van der Waals surface area contributed by atoms with Crippen molar-refractivity contribution in [2.24, 2.45) is 5.92 Å². The van der Waals surface area contributed by atoms with E-state index in [1.807, 2.05) is 111 Å². The van der Waals surface area contributed by atoms with E-state index in [9.17, 15) is 4.21 Å². The van der Waals surface area contributed by atoms with Crippen LogP contribution in [-0.2, 0) is 26.9 Å². The molecule has 0 spiro atoms. The summed E-state index contributed by atoms with van der Waals surface area (Å²) >= 11 is 0. The SMILES string of the molecule is C=C[C@H](C)[C@@]1(N[S@](=O)C(C)(C)C)C(=O)N(C(c2ccccc2)(c2ccccc2)c2ccccc2)c2ccccc21. The van der Waals surface area contributed by atoms with Crippen LogP contribution in [0.15, 0.2) is 128 Å². The van der Waals surface area contributed by atoms with Crippen molar-refractivity contribution in [2.75, 3.05) is 4.90 Å². The summed E-state index contributed by atoms with van der Waals surface area (Å²) in [6.45, 7) is 11.8. The second-order valence-electron chi connectivity index (χ2n) is 11.3. The van der Waals surface area contributed by atoms with Gasteiger partial charge in [0.25, 0.3) is 5.91 Å². The molecule has 1 aliphatic rings. The van der Waals surface area contributed by atoms with Gasteiger partial charge in [-0.05, 0) is 43.5 Å². The van der Waals surface area contributed by atoms with E-state index in [-0.39, 0.29) is 11.8 Å². The van der Waals surface area contributed by atoms with Crippen LogP contribution < -0.4 is 9.62 Å². The average Bonchev–Trinajstić information content (AvgIpc) is 3.23. The van der Waals surface area contributed by atoms with E-state index in [0.29, 0.717) is 0 Å². The van der Waals surface area contributed by atoms with Crippen LogP contribution in [0, 0.1) is 5.92 Å². The minimum absolute atomic E-state index is 0.171. The lowest BCUT2D eigenvalue weighted by molar-refractivity contribution is -0.125. The third-order valence-electron chi connectivity index (χ3n) is 7.87. The number of nitrogens with one attached hydrogen (secondary N) is 1. The Morgan fingerprint density at radius 1 is 0.775 bits per heavy atom. The van der Waals surface area contributed by atoms with E-state index >= 15 is 4.79 Å². The molecule has 1 amide bonds. The molecule has 4 aromatic carbocycles. The normalized spacial score (nSPS) is 18.7. The summed E-state index contributed by atoms with van der Waals surface area (Å²) in [5.74, 6) is -0.535. The predicted octanol–water partition coefficient (Wildman–Crippen LogP) is 7.09. The van der Waals surface area contributed by atoms with Crippen molar-refractivity contribution in [1.29, 1.82) is 0 Å². The number of benzene rings is 4. The van der Waals surface area contributed by atoms with Gasteiger partial charge in [0.1, 0.15) is 11.1 Å². The molecule has 5 rings (SSSR count). The lowest BCUT2D eigenvalue weighted by Gasteiger charge is -2.45. The number of hydrogen-bond acceptors (Lipinski definition) is 2. The molecule has 1 N–H and O–H groups in total. The standard InChI is InChI=1S/C35H36N2O2S/c1-6-26(2)34(36-40(39)33(3,4)5)30-24-16-17-25-31(30)37(32(34)38)35(27-18-10-7-11-19-27,28-20-12-8-13-21-28)29-22-14-9-15-23-29/h6-26,36H,1H2,2-5H3/t26-,34-,40+/m0/s1. The van der Waals surface area contributed by atoms with E-state index in [1.54, 1.807) is 6.08 Å². The summed E-state index contributed by atoms with van der Waals surface area (Å²) in [5, 5.41) is 0. The molecule has 0 saturated carbocycles. The van der Waals surface area contributed by atoms with Gasteiger partial charge in [0, 0.05) is 11.5 Å². The number of rotatable bonds is 8. The highest BCUT2D eigenvalue weighted by Crippen LogP contribution is 2.54. The first-order chi connectivity index (χ1) is 19.2. The van der Waals surface area contributed by atoms with Crippen molar-refractivity contribution in [2.45, 2.75) is 43.5 Å². The summed E-state index contributed by atoms with van der Waals surface area (Å²) in [6, 6.07) is 38.4. The first-order valence-electron chi connectivity index (χ1n) is 13.6. The fourth-order valence-electron chi connectivity index (χ4n) is 5.77. The topological polar surface area (TPSA) is 49.4 Å². The van der Waals surface area contributed by atoms with Gasteiger partial charge in [-0.3, -0.25) is 9.69 Å². The highest BCUT2D eigenvalue weighted by atomic mass is 32.2. The smallest absolute Gasteiger partial charge is 0.254 e. The van der Waals surface area contributed by atoms with Gasteiger partial charge in [0.05, 0.1) is 21.4 Å². The van der Waals surface area contributed by atoms with Gasteiger partial charge < -0.3 is 0 Å².